The van der Waals surface area contributed by atoms with Crippen molar-refractivity contribution in [3.8, 4) is 11.1 Å². The molecule has 0 saturated heterocycles. The molecule has 2 amide bonds. The Morgan fingerprint density at radius 3 is 2.11 bits per heavy atom. The van der Waals surface area contributed by atoms with E-state index < -0.39 is 24.1 Å². The fourth-order valence-electron chi connectivity index (χ4n) is 5.45. The van der Waals surface area contributed by atoms with E-state index in [1.165, 1.54) is 0 Å². The lowest BCUT2D eigenvalue weighted by Gasteiger charge is -2.30. The summed E-state index contributed by atoms with van der Waals surface area (Å²) < 4.78 is 5.71. The van der Waals surface area contributed by atoms with Crippen LogP contribution in [0.3, 0.4) is 0 Å². The molecule has 4 rings (SSSR count). The molecule has 7 heteroatoms. The molecule has 0 aromatic heterocycles. The van der Waals surface area contributed by atoms with Gasteiger partial charge in [-0.15, -0.1) is 0 Å². The molecule has 2 atom stereocenters. The molecule has 2 aromatic carbocycles. The molecule has 2 aromatic rings. The van der Waals surface area contributed by atoms with E-state index in [0.717, 1.165) is 54.4 Å². The van der Waals surface area contributed by atoms with Gasteiger partial charge in [0, 0.05) is 18.4 Å². The third kappa shape index (κ3) is 5.84. The van der Waals surface area contributed by atoms with Crippen molar-refractivity contribution in [2.24, 2.45) is 5.92 Å². The van der Waals surface area contributed by atoms with Crippen molar-refractivity contribution in [2.75, 3.05) is 6.61 Å². The zero-order chi connectivity index (χ0) is 24.8. The van der Waals surface area contributed by atoms with Gasteiger partial charge in [-0.3, -0.25) is 4.79 Å². The van der Waals surface area contributed by atoms with Gasteiger partial charge in [0.05, 0.1) is 0 Å². The molecule has 1 fully saturated rings. The second-order valence-electron chi connectivity index (χ2n) is 9.55. The number of nitrogens with one attached hydrogen (secondary N) is 2. The van der Waals surface area contributed by atoms with Gasteiger partial charge in [-0.05, 0) is 47.4 Å². The quantitative estimate of drug-likeness (QED) is 0.478. The van der Waals surface area contributed by atoms with Crippen molar-refractivity contribution in [1.29, 1.82) is 0 Å². The highest BCUT2D eigenvalue weighted by Crippen LogP contribution is 2.44. The molecule has 1 saturated carbocycles. The zero-order valence-corrected chi connectivity index (χ0v) is 20.2. The molecule has 3 N–H and O–H groups in total. The Hall–Kier alpha value is -3.35. The minimum Gasteiger partial charge on any atom is -0.480 e. The van der Waals surface area contributed by atoms with Crippen molar-refractivity contribution < 1.29 is 24.2 Å². The van der Waals surface area contributed by atoms with Crippen LogP contribution >= 0.6 is 0 Å². The number of carbonyl (C=O) groups excluding carboxylic acids is 2. The molecule has 0 bridgehead atoms. The van der Waals surface area contributed by atoms with Crippen LogP contribution in [0.1, 0.15) is 68.9 Å². The number of carboxylic acids is 1. The number of ether oxygens (including phenoxy) is 1. The standard InChI is InChI=1S/C28H34N2O5/c1-2-24(27(32)33)29-26(31)16-25(18-10-4-3-5-11-18)30-28(34)35-17-23-21-14-8-6-12-19(21)20-13-7-9-15-22(20)23/h6-9,12-15,18,23-25H,2-5,10-11,16-17H2,1H3,(H,29,31)(H,30,34)(H,32,33). The van der Waals surface area contributed by atoms with Gasteiger partial charge in [-0.1, -0.05) is 74.7 Å². The van der Waals surface area contributed by atoms with E-state index in [-0.39, 0.29) is 30.8 Å². The Labute approximate surface area is 206 Å². The van der Waals surface area contributed by atoms with E-state index in [1.807, 2.05) is 24.3 Å². The van der Waals surface area contributed by atoms with Crippen LogP contribution in [0.15, 0.2) is 48.5 Å². The Morgan fingerprint density at radius 2 is 1.54 bits per heavy atom. The van der Waals surface area contributed by atoms with Crippen LogP contribution in [0.5, 0.6) is 0 Å². The van der Waals surface area contributed by atoms with E-state index >= 15 is 0 Å². The van der Waals surface area contributed by atoms with Crippen molar-refractivity contribution >= 4 is 18.0 Å². The molecule has 7 nitrogen and oxygen atoms in total. The van der Waals surface area contributed by atoms with Crippen LogP contribution < -0.4 is 10.6 Å². The van der Waals surface area contributed by atoms with Crippen LogP contribution in [0.25, 0.3) is 11.1 Å². The first-order valence-corrected chi connectivity index (χ1v) is 12.6. The number of benzene rings is 2. The number of carbonyl (C=O) groups is 3. The van der Waals surface area contributed by atoms with Crippen LogP contribution in [0.2, 0.25) is 0 Å². The molecule has 0 heterocycles. The van der Waals surface area contributed by atoms with E-state index in [1.54, 1.807) is 6.92 Å². The summed E-state index contributed by atoms with van der Waals surface area (Å²) in [4.78, 5) is 36.8. The van der Waals surface area contributed by atoms with Crippen molar-refractivity contribution in [3.63, 3.8) is 0 Å². The first-order chi connectivity index (χ1) is 17.0. The third-order valence-corrected chi connectivity index (χ3v) is 7.31. The largest absolute Gasteiger partial charge is 0.480 e. The average Bonchev–Trinajstić information content (AvgIpc) is 3.19. The minimum absolute atomic E-state index is 0.0366. The summed E-state index contributed by atoms with van der Waals surface area (Å²) in [6, 6.07) is 15.0. The summed E-state index contributed by atoms with van der Waals surface area (Å²) in [5.74, 6) is -1.29. The number of hydrogen-bond acceptors (Lipinski definition) is 4. The van der Waals surface area contributed by atoms with Gasteiger partial charge < -0.3 is 20.5 Å². The maximum absolute atomic E-state index is 12.9. The lowest BCUT2D eigenvalue weighted by atomic mass is 9.82. The average molecular weight is 479 g/mol. The van der Waals surface area contributed by atoms with Crippen molar-refractivity contribution in [1.82, 2.24) is 10.6 Å². The molecule has 35 heavy (non-hydrogen) atoms. The first kappa shape index (κ1) is 24.8. The number of rotatable bonds is 9. The highest BCUT2D eigenvalue weighted by molar-refractivity contribution is 5.84. The van der Waals surface area contributed by atoms with Gasteiger partial charge in [0.15, 0.2) is 0 Å². The Morgan fingerprint density at radius 1 is 0.943 bits per heavy atom. The fraction of sp³-hybridized carbons (Fsp3) is 0.464. The van der Waals surface area contributed by atoms with E-state index in [0.29, 0.717) is 6.42 Å². The lowest BCUT2D eigenvalue weighted by molar-refractivity contribution is -0.142. The predicted octanol–water partition coefficient (Wildman–Crippen LogP) is 4.84. The summed E-state index contributed by atoms with van der Waals surface area (Å²) in [7, 11) is 0. The van der Waals surface area contributed by atoms with Crippen molar-refractivity contribution in [3.05, 3.63) is 59.7 Å². The first-order valence-electron chi connectivity index (χ1n) is 12.6. The molecular formula is C28H34N2O5. The molecule has 186 valence electrons. The van der Waals surface area contributed by atoms with E-state index in [2.05, 4.69) is 34.9 Å². The lowest BCUT2D eigenvalue weighted by Crippen LogP contribution is -2.47. The molecule has 2 aliphatic carbocycles. The molecular weight excluding hydrogens is 444 g/mol. The molecule has 2 aliphatic rings. The highest BCUT2D eigenvalue weighted by atomic mass is 16.5. The van der Waals surface area contributed by atoms with Gasteiger partial charge in [0.1, 0.15) is 12.6 Å². The zero-order valence-electron chi connectivity index (χ0n) is 20.2. The van der Waals surface area contributed by atoms with Crippen LogP contribution in [0, 0.1) is 5.92 Å². The predicted molar refractivity (Wildman–Crippen MR) is 133 cm³/mol. The molecule has 0 radical (unpaired) electrons. The highest BCUT2D eigenvalue weighted by Gasteiger charge is 2.31. The van der Waals surface area contributed by atoms with Gasteiger partial charge in [0.2, 0.25) is 5.91 Å². The molecule has 0 aliphatic heterocycles. The minimum atomic E-state index is -1.06. The monoisotopic (exact) mass is 478 g/mol. The number of fused-ring (bicyclic) bond motifs is 3. The topological polar surface area (TPSA) is 105 Å². The summed E-state index contributed by atoms with van der Waals surface area (Å²) in [5.41, 5.74) is 4.61. The van der Waals surface area contributed by atoms with Gasteiger partial charge in [-0.2, -0.15) is 0 Å². The maximum atomic E-state index is 12.9. The number of amides is 2. The number of alkyl carbamates (subject to hydrolysis) is 1. The maximum Gasteiger partial charge on any atom is 0.407 e. The van der Waals surface area contributed by atoms with Crippen LogP contribution in [-0.4, -0.2) is 41.8 Å². The van der Waals surface area contributed by atoms with E-state index in [4.69, 9.17) is 4.74 Å². The summed E-state index contributed by atoms with van der Waals surface area (Å²) >= 11 is 0. The Bertz CT molecular complexity index is 1020. The molecule has 0 spiro atoms. The van der Waals surface area contributed by atoms with Crippen molar-refractivity contribution in [2.45, 2.75) is 69.9 Å². The fourth-order valence-corrected chi connectivity index (χ4v) is 5.45. The number of hydrogen-bond donors (Lipinski definition) is 3. The summed E-state index contributed by atoms with van der Waals surface area (Å²) in [6.45, 7) is 1.92. The molecule has 2 unspecified atom stereocenters. The van der Waals surface area contributed by atoms with Crippen LogP contribution in [0.4, 0.5) is 4.79 Å². The normalized spacial score (nSPS) is 17.1. The van der Waals surface area contributed by atoms with E-state index in [9.17, 15) is 19.5 Å². The van der Waals surface area contributed by atoms with Gasteiger partial charge in [0.25, 0.3) is 0 Å². The third-order valence-electron chi connectivity index (χ3n) is 7.31. The second kappa shape index (κ2) is 11.4. The smallest absolute Gasteiger partial charge is 0.407 e. The summed E-state index contributed by atoms with van der Waals surface area (Å²) in [5, 5.41) is 14.8. The van der Waals surface area contributed by atoms with Gasteiger partial charge >= 0.3 is 12.1 Å². The summed E-state index contributed by atoms with van der Waals surface area (Å²) in [6.07, 6.45) is 4.92. The van der Waals surface area contributed by atoms with Crippen LogP contribution in [-0.2, 0) is 14.3 Å². The Kier molecular flexibility index (Phi) is 8.06. The Balaban J connectivity index is 1.41. The second-order valence-corrected chi connectivity index (χ2v) is 9.55. The number of carboxylic acid groups (broad SMARTS) is 1. The SMILES string of the molecule is CCC(NC(=O)CC(NC(=O)OCC1c2ccccc2-c2ccccc21)C1CCCCC1)C(=O)O. The number of aliphatic carboxylic acids is 1. The van der Waals surface area contributed by atoms with Gasteiger partial charge in [-0.25, -0.2) is 9.59 Å².